The van der Waals surface area contributed by atoms with Gasteiger partial charge in [-0.15, -0.1) is 0 Å². The van der Waals surface area contributed by atoms with E-state index in [1.165, 1.54) is 0 Å². The van der Waals surface area contributed by atoms with Crippen molar-refractivity contribution in [3.63, 3.8) is 0 Å². The quantitative estimate of drug-likeness (QED) is 0.834. The summed E-state index contributed by atoms with van der Waals surface area (Å²) in [5.41, 5.74) is 2.05. The van der Waals surface area contributed by atoms with Gasteiger partial charge in [-0.3, -0.25) is 0 Å². The molecule has 1 fully saturated rings. The Hall–Kier alpha value is -2.20. The summed E-state index contributed by atoms with van der Waals surface area (Å²) in [6.45, 7) is 2.72. The number of hydrogen-bond donors (Lipinski definition) is 1. The van der Waals surface area contributed by atoms with Gasteiger partial charge in [-0.05, 0) is 42.5 Å². The van der Waals surface area contributed by atoms with Crippen molar-refractivity contribution in [2.45, 2.75) is 19.4 Å². The molecule has 0 spiro atoms. The first kappa shape index (κ1) is 17.6. The van der Waals surface area contributed by atoms with E-state index < -0.39 is 0 Å². The number of anilines is 1. The van der Waals surface area contributed by atoms with Crippen molar-refractivity contribution >= 4 is 23.4 Å². The smallest absolute Gasteiger partial charge is 0.410 e. The van der Waals surface area contributed by atoms with Gasteiger partial charge in [-0.25, -0.2) is 4.79 Å². The van der Waals surface area contributed by atoms with Crippen LogP contribution in [0.5, 0.6) is 0 Å². The van der Waals surface area contributed by atoms with Gasteiger partial charge in [0.05, 0.1) is 0 Å². The first-order valence-electron chi connectivity index (χ1n) is 8.66. The van der Waals surface area contributed by atoms with Gasteiger partial charge in [-0.1, -0.05) is 48.0 Å². The Morgan fingerprint density at radius 3 is 2.60 bits per heavy atom. The van der Waals surface area contributed by atoms with Crippen LogP contribution < -0.4 is 5.32 Å². The summed E-state index contributed by atoms with van der Waals surface area (Å²) in [6.07, 6.45) is 1.74. The van der Waals surface area contributed by atoms with Crippen LogP contribution in [0.15, 0.2) is 54.6 Å². The molecule has 1 saturated heterocycles. The number of carbonyl (C=O) groups is 1. The Bertz CT molecular complexity index is 685. The van der Waals surface area contributed by atoms with Crippen molar-refractivity contribution < 1.29 is 9.53 Å². The number of halogens is 1. The minimum atomic E-state index is -0.217. The van der Waals surface area contributed by atoms with Crippen molar-refractivity contribution in [2.24, 2.45) is 5.92 Å². The Morgan fingerprint density at radius 1 is 1.12 bits per heavy atom. The lowest BCUT2D eigenvalue weighted by Crippen LogP contribution is -2.40. The van der Waals surface area contributed by atoms with Gasteiger partial charge in [0.15, 0.2) is 0 Å². The second kappa shape index (κ2) is 8.77. The molecule has 0 saturated carbocycles. The van der Waals surface area contributed by atoms with Gasteiger partial charge >= 0.3 is 6.09 Å². The topological polar surface area (TPSA) is 41.6 Å². The van der Waals surface area contributed by atoms with Gasteiger partial charge in [-0.2, -0.15) is 0 Å². The van der Waals surface area contributed by atoms with Crippen LogP contribution in [0.25, 0.3) is 0 Å². The number of likely N-dealkylation sites (tertiary alicyclic amines) is 1. The number of piperidine rings is 1. The summed E-state index contributed by atoms with van der Waals surface area (Å²) in [5.74, 6) is 0.553. The largest absolute Gasteiger partial charge is 0.445 e. The molecule has 0 unspecified atom stereocenters. The molecule has 0 atom stereocenters. The third-order valence-electron chi connectivity index (χ3n) is 4.50. The molecule has 0 radical (unpaired) electrons. The second-order valence-corrected chi connectivity index (χ2v) is 6.80. The Morgan fingerprint density at radius 2 is 1.88 bits per heavy atom. The standard InChI is InChI=1S/C20H23ClN2O2/c21-18-7-4-8-19(13-18)22-14-16-9-11-23(12-10-16)20(24)25-15-17-5-2-1-3-6-17/h1-8,13,16,22H,9-12,14-15H2. The molecule has 1 N–H and O–H groups in total. The molecule has 2 aromatic carbocycles. The van der Waals surface area contributed by atoms with E-state index >= 15 is 0 Å². The minimum absolute atomic E-state index is 0.217. The molecule has 132 valence electrons. The average molecular weight is 359 g/mol. The highest BCUT2D eigenvalue weighted by Gasteiger charge is 2.23. The fourth-order valence-electron chi connectivity index (χ4n) is 2.99. The van der Waals surface area contributed by atoms with E-state index in [-0.39, 0.29) is 6.09 Å². The molecule has 0 aromatic heterocycles. The fourth-order valence-corrected chi connectivity index (χ4v) is 3.18. The van der Waals surface area contributed by atoms with Crippen LogP contribution >= 0.6 is 11.6 Å². The van der Waals surface area contributed by atoms with Gasteiger partial charge < -0.3 is 15.0 Å². The third-order valence-corrected chi connectivity index (χ3v) is 4.73. The summed E-state index contributed by atoms with van der Waals surface area (Å²) >= 11 is 6.00. The van der Waals surface area contributed by atoms with Crippen molar-refractivity contribution in [3.8, 4) is 0 Å². The Labute approximate surface area is 153 Å². The molecule has 1 amide bonds. The molecule has 0 bridgehead atoms. The highest BCUT2D eigenvalue weighted by atomic mass is 35.5. The molecule has 1 aliphatic heterocycles. The van der Waals surface area contributed by atoms with Crippen molar-refractivity contribution in [1.29, 1.82) is 0 Å². The molecule has 4 nitrogen and oxygen atoms in total. The maximum atomic E-state index is 12.2. The maximum Gasteiger partial charge on any atom is 0.410 e. The summed E-state index contributed by atoms with van der Waals surface area (Å²) < 4.78 is 5.40. The molecule has 0 aliphatic carbocycles. The highest BCUT2D eigenvalue weighted by Crippen LogP contribution is 2.20. The SMILES string of the molecule is O=C(OCc1ccccc1)N1CCC(CNc2cccc(Cl)c2)CC1. The normalized spacial score (nSPS) is 15.0. The minimum Gasteiger partial charge on any atom is -0.445 e. The number of rotatable bonds is 5. The zero-order valence-corrected chi connectivity index (χ0v) is 14.9. The number of amides is 1. The van der Waals surface area contributed by atoms with Crippen molar-refractivity contribution in [1.82, 2.24) is 4.90 Å². The predicted octanol–water partition coefficient (Wildman–Crippen LogP) is 4.80. The van der Waals surface area contributed by atoms with Crippen molar-refractivity contribution in [3.05, 3.63) is 65.2 Å². The number of ether oxygens (including phenoxy) is 1. The monoisotopic (exact) mass is 358 g/mol. The van der Waals surface area contributed by atoms with Crippen molar-refractivity contribution in [2.75, 3.05) is 25.0 Å². The van der Waals surface area contributed by atoms with Gasteiger partial charge in [0.25, 0.3) is 0 Å². The highest BCUT2D eigenvalue weighted by molar-refractivity contribution is 6.30. The van der Waals surface area contributed by atoms with E-state index in [2.05, 4.69) is 5.32 Å². The van der Waals surface area contributed by atoms with Gasteiger partial charge in [0.1, 0.15) is 6.61 Å². The number of nitrogens with zero attached hydrogens (tertiary/aromatic N) is 1. The van der Waals surface area contributed by atoms with Crippen LogP contribution in [-0.2, 0) is 11.3 Å². The van der Waals surface area contributed by atoms with Gasteiger partial charge in [0.2, 0.25) is 0 Å². The molecular formula is C20H23ClN2O2. The summed E-state index contributed by atoms with van der Waals surface area (Å²) in [7, 11) is 0. The lowest BCUT2D eigenvalue weighted by Gasteiger charge is -2.31. The summed E-state index contributed by atoms with van der Waals surface area (Å²) in [6, 6.07) is 17.5. The lowest BCUT2D eigenvalue weighted by atomic mass is 9.97. The zero-order chi connectivity index (χ0) is 17.5. The third kappa shape index (κ3) is 5.40. The molecule has 3 rings (SSSR count). The summed E-state index contributed by atoms with van der Waals surface area (Å²) in [5, 5.41) is 4.16. The molecule has 1 heterocycles. The maximum absolute atomic E-state index is 12.2. The van der Waals surface area contributed by atoms with E-state index in [1.807, 2.05) is 54.6 Å². The molecule has 1 aliphatic rings. The molecule has 2 aromatic rings. The van der Waals surface area contributed by atoms with Crippen LogP contribution in [0.2, 0.25) is 5.02 Å². The number of nitrogens with one attached hydrogen (secondary N) is 1. The number of hydrogen-bond acceptors (Lipinski definition) is 3. The first-order chi connectivity index (χ1) is 12.2. The van der Waals surface area contributed by atoms with E-state index in [4.69, 9.17) is 16.3 Å². The predicted molar refractivity (Wildman–Crippen MR) is 101 cm³/mol. The van der Waals surface area contributed by atoms with E-state index in [0.29, 0.717) is 12.5 Å². The Balaban J connectivity index is 1.38. The summed E-state index contributed by atoms with van der Waals surface area (Å²) in [4.78, 5) is 14.0. The Kier molecular flexibility index (Phi) is 6.18. The zero-order valence-electron chi connectivity index (χ0n) is 14.2. The van der Waals surface area contributed by atoms with Crippen LogP contribution in [0.1, 0.15) is 18.4 Å². The first-order valence-corrected chi connectivity index (χ1v) is 9.03. The van der Waals surface area contributed by atoms with Crippen LogP contribution in [0, 0.1) is 5.92 Å². The molecule has 25 heavy (non-hydrogen) atoms. The van der Waals surface area contributed by atoms with Crippen LogP contribution in [0.4, 0.5) is 10.5 Å². The number of carbonyl (C=O) groups excluding carboxylic acids is 1. The number of benzene rings is 2. The van der Waals surface area contributed by atoms with E-state index in [9.17, 15) is 4.79 Å². The molecular weight excluding hydrogens is 336 g/mol. The molecule has 5 heteroatoms. The van der Waals surface area contributed by atoms with Crippen LogP contribution in [-0.4, -0.2) is 30.6 Å². The lowest BCUT2D eigenvalue weighted by molar-refractivity contribution is 0.0832. The fraction of sp³-hybridized carbons (Fsp3) is 0.350. The van der Waals surface area contributed by atoms with E-state index in [0.717, 1.165) is 48.7 Å². The second-order valence-electron chi connectivity index (χ2n) is 6.36. The van der Waals surface area contributed by atoms with Crippen LogP contribution in [0.3, 0.4) is 0 Å². The van der Waals surface area contributed by atoms with E-state index in [1.54, 1.807) is 4.90 Å². The average Bonchev–Trinajstić information content (AvgIpc) is 2.66. The van der Waals surface area contributed by atoms with Gasteiger partial charge in [0, 0.05) is 30.3 Å².